The van der Waals surface area contributed by atoms with Gasteiger partial charge in [-0.3, -0.25) is 9.59 Å². The molecule has 2 atom stereocenters. The molecule has 0 heterocycles. The minimum atomic E-state index is -0.515. The van der Waals surface area contributed by atoms with Gasteiger partial charge in [-0.15, -0.1) is 0 Å². The number of nitrogens with zero attached hydrogens (tertiary/aromatic N) is 1. The van der Waals surface area contributed by atoms with Crippen molar-refractivity contribution in [2.24, 2.45) is 5.73 Å². The summed E-state index contributed by atoms with van der Waals surface area (Å²) in [6, 6.07) is -0.391. The maximum absolute atomic E-state index is 11.6. The van der Waals surface area contributed by atoms with Crippen LogP contribution in [0, 0.1) is 0 Å². The standard InChI is InChI=1S/C14H30N4O2/c1-10(2)16-14(20)12(15)7-6-11(3)17-13(19)8-9-18(4)5/h10-12H,6-9,15H2,1-5H3,(H,16,20)(H,17,19). The molecular formula is C14H30N4O2. The molecule has 0 aromatic carbocycles. The Bertz CT molecular complexity index is 306. The van der Waals surface area contributed by atoms with Crippen LogP contribution in [-0.4, -0.2) is 55.5 Å². The van der Waals surface area contributed by atoms with Crippen LogP contribution in [-0.2, 0) is 9.59 Å². The Morgan fingerprint density at radius 3 is 2.20 bits per heavy atom. The molecule has 0 fully saturated rings. The van der Waals surface area contributed by atoms with Gasteiger partial charge in [0.05, 0.1) is 6.04 Å². The van der Waals surface area contributed by atoms with E-state index in [4.69, 9.17) is 5.73 Å². The Hall–Kier alpha value is -1.14. The average molecular weight is 286 g/mol. The van der Waals surface area contributed by atoms with Crippen molar-refractivity contribution in [2.75, 3.05) is 20.6 Å². The van der Waals surface area contributed by atoms with E-state index in [1.54, 1.807) is 0 Å². The van der Waals surface area contributed by atoms with Crippen LogP contribution in [0.1, 0.15) is 40.0 Å². The number of hydrogen-bond acceptors (Lipinski definition) is 4. The second-order valence-corrected chi connectivity index (χ2v) is 5.87. The predicted octanol–water partition coefficient (Wildman–Crippen LogP) is 0.0749. The van der Waals surface area contributed by atoms with Gasteiger partial charge in [0.1, 0.15) is 0 Å². The van der Waals surface area contributed by atoms with E-state index >= 15 is 0 Å². The van der Waals surface area contributed by atoms with Crippen LogP contribution in [0.3, 0.4) is 0 Å². The average Bonchev–Trinajstić information content (AvgIpc) is 2.32. The van der Waals surface area contributed by atoms with Gasteiger partial charge < -0.3 is 21.3 Å². The van der Waals surface area contributed by atoms with Crippen molar-refractivity contribution in [1.29, 1.82) is 0 Å². The second kappa shape index (κ2) is 9.72. The largest absolute Gasteiger partial charge is 0.354 e. The van der Waals surface area contributed by atoms with Crippen molar-refractivity contribution in [3.8, 4) is 0 Å². The lowest BCUT2D eigenvalue weighted by atomic mass is 10.1. The van der Waals surface area contributed by atoms with E-state index in [9.17, 15) is 9.59 Å². The molecule has 6 heteroatoms. The van der Waals surface area contributed by atoms with Gasteiger partial charge in [-0.05, 0) is 47.7 Å². The first-order valence-electron chi connectivity index (χ1n) is 7.22. The zero-order valence-corrected chi connectivity index (χ0v) is 13.4. The maximum Gasteiger partial charge on any atom is 0.237 e. The molecule has 0 aliphatic heterocycles. The van der Waals surface area contributed by atoms with Crippen molar-refractivity contribution < 1.29 is 9.59 Å². The molecule has 0 saturated heterocycles. The summed E-state index contributed by atoms with van der Waals surface area (Å²) < 4.78 is 0. The van der Waals surface area contributed by atoms with Crippen molar-refractivity contribution in [2.45, 2.75) is 58.2 Å². The second-order valence-electron chi connectivity index (χ2n) is 5.87. The monoisotopic (exact) mass is 286 g/mol. The Morgan fingerprint density at radius 1 is 1.10 bits per heavy atom. The van der Waals surface area contributed by atoms with E-state index in [0.717, 1.165) is 6.54 Å². The van der Waals surface area contributed by atoms with Crippen LogP contribution in [0.25, 0.3) is 0 Å². The minimum absolute atomic E-state index is 0.0302. The molecule has 0 spiro atoms. The van der Waals surface area contributed by atoms with Crippen LogP contribution in [0.15, 0.2) is 0 Å². The summed E-state index contributed by atoms with van der Waals surface area (Å²) in [6.45, 7) is 6.46. The maximum atomic E-state index is 11.6. The third kappa shape index (κ3) is 9.75. The third-order valence-electron chi connectivity index (χ3n) is 2.87. The van der Waals surface area contributed by atoms with Gasteiger partial charge in [0.25, 0.3) is 0 Å². The summed E-state index contributed by atoms with van der Waals surface area (Å²) in [7, 11) is 3.87. The first kappa shape index (κ1) is 18.9. The number of rotatable bonds is 9. The van der Waals surface area contributed by atoms with Gasteiger partial charge in [0.15, 0.2) is 0 Å². The molecule has 118 valence electrons. The first-order valence-corrected chi connectivity index (χ1v) is 7.22. The van der Waals surface area contributed by atoms with Gasteiger partial charge in [-0.2, -0.15) is 0 Å². The Balaban J connectivity index is 3.89. The van der Waals surface area contributed by atoms with Gasteiger partial charge in [-0.25, -0.2) is 0 Å². The van der Waals surface area contributed by atoms with E-state index in [0.29, 0.717) is 19.3 Å². The van der Waals surface area contributed by atoms with E-state index in [1.165, 1.54) is 0 Å². The minimum Gasteiger partial charge on any atom is -0.354 e. The van der Waals surface area contributed by atoms with Crippen molar-refractivity contribution >= 4 is 11.8 Å². The molecule has 20 heavy (non-hydrogen) atoms. The number of nitrogens with one attached hydrogen (secondary N) is 2. The van der Waals surface area contributed by atoms with Crippen LogP contribution in [0.4, 0.5) is 0 Å². The Morgan fingerprint density at radius 2 is 1.70 bits per heavy atom. The van der Waals surface area contributed by atoms with Crippen LogP contribution in [0.2, 0.25) is 0 Å². The van der Waals surface area contributed by atoms with Gasteiger partial charge in [0.2, 0.25) is 11.8 Å². The summed E-state index contributed by atoms with van der Waals surface area (Å²) in [5, 5.41) is 5.70. The SMILES string of the molecule is CC(C)NC(=O)C(N)CCC(C)NC(=O)CCN(C)C. The Kier molecular flexibility index (Phi) is 9.16. The van der Waals surface area contributed by atoms with Crippen LogP contribution < -0.4 is 16.4 Å². The molecule has 0 radical (unpaired) electrons. The molecule has 4 N–H and O–H groups in total. The van der Waals surface area contributed by atoms with Gasteiger partial charge in [0, 0.05) is 25.0 Å². The number of amides is 2. The van der Waals surface area contributed by atoms with E-state index in [2.05, 4.69) is 10.6 Å². The molecule has 0 aliphatic carbocycles. The van der Waals surface area contributed by atoms with E-state index < -0.39 is 6.04 Å². The topological polar surface area (TPSA) is 87.5 Å². The molecule has 0 aromatic heterocycles. The quantitative estimate of drug-likeness (QED) is 0.560. The normalized spacial score (nSPS) is 14.2. The first-order chi connectivity index (χ1) is 9.22. The third-order valence-corrected chi connectivity index (χ3v) is 2.87. The molecule has 6 nitrogen and oxygen atoms in total. The lowest BCUT2D eigenvalue weighted by Gasteiger charge is -2.18. The van der Waals surface area contributed by atoms with Crippen LogP contribution >= 0.6 is 0 Å². The molecule has 0 saturated carbocycles. The highest BCUT2D eigenvalue weighted by molar-refractivity contribution is 5.81. The number of nitrogens with two attached hydrogens (primary N) is 1. The summed E-state index contributed by atoms with van der Waals surface area (Å²) in [5.41, 5.74) is 5.81. The Labute approximate surface area is 122 Å². The summed E-state index contributed by atoms with van der Waals surface area (Å²) in [6.07, 6.45) is 1.74. The number of carbonyl (C=O) groups is 2. The number of carbonyl (C=O) groups excluding carboxylic acids is 2. The highest BCUT2D eigenvalue weighted by Gasteiger charge is 2.16. The fraction of sp³-hybridized carbons (Fsp3) is 0.857. The molecule has 0 aliphatic rings. The van der Waals surface area contributed by atoms with E-state index in [1.807, 2.05) is 39.8 Å². The molecule has 2 amide bonds. The zero-order chi connectivity index (χ0) is 15.7. The molecule has 2 unspecified atom stereocenters. The lowest BCUT2D eigenvalue weighted by molar-refractivity contribution is -0.123. The molecule has 0 bridgehead atoms. The molecular weight excluding hydrogens is 256 g/mol. The highest BCUT2D eigenvalue weighted by atomic mass is 16.2. The number of hydrogen-bond donors (Lipinski definition) is 3. The van der Waals surface area contributed by atoms with Gasteiger partial charge >= 0.3 is 0 Å². The van der Waals surface area contributed by atoms with Crippen LogP contribution in [0.5, 0.6) is 0 Å². The molecule has 0 aromatic rings. The summed E-state index contributed by atoms with van der Waals surface area (Å²) in [4.78, 5) is 25.2. The smallest absolute Gasteiger partial charge is 0.237 e. The summed E-state index contributed by atoms with van der Waals surface area (Å²) >= 11 is 0. The highest BCUT2D eigenvalue weighted by Crippen LogP contribution is 2.01. The lowest BCUT2D eigenvalue weighted by Crippen LogP contribution is -2.44. The van der Waals surface area contributed by atoms with Gasteiger partial charge in [-0.1, -0.05) is 0 Å². The van der Waals surface area contributed by atoms with Crippen molar-refractivity contribution in [3.05, 3.63) is 0 Å². The van der Waals surface area contributed by atoms with Crippen molar-refractivity contribution in [3.63, 3.8) is 0 Å². The summed E-state index contributed by atoms with van der Waals surface area (Å²) in [5.74, 6) is -0.0995. The predicted molar refractivity (Wildman–Crippen MR) is 81.3 cm³/mol. The van der Waals surface area contributed by atoms with E-state index in [-0.39, 0.29) is 23.9 Å². The fourth-order valence-electron chi connectivity index (χ4n) is 1.70. The fourth-order valence-corrected chi connectivity index (χ4v) is 1.70. The van der Waals surface area contributed by atoms with Crippen molar-refractivity contribution in [1.82, 2.24) is 15.5 Å². The molecule has 0 rings (SSSR count). The zero-order valence-electron chi connectivity index (χ0n) is 13.4.